The SMILES string of the molecule is CN1CC(Cc2ccccc2)N(C)C(C(=O)C=O)C1Cc1ccccc1[N+](=O)[O-]. The first-order valence-electron chi connectivity index (χ1n) is 9.59. The van der Waals surface area contributed by atoms with Crippen molar-refractivity contribution in [2.75, 3.05) is 20.6 Å². The summed E-state index contributed by atoms with van der Waals surface area (Å²) in [7, 11) is 3.77. The minimum atomic E-state index is -0.653. The van der Waals surface area contributed by atoms with E-state index in [0.29, 0.717) is 24.8 Å². The first-order chi connectivity index (χ1) is 13.9. The maximum Gasteiger partial charge on any atom is 0.272 e. The lowest BCUT2D eigenvalue weighted by atomic mass is 9.88. The van der Waals surface area contributed by atoms with Crippen molar-refractivity contribution in [3.05, 3.63) is 75.8 Å². The number of nitrogens with zero attached hydrogens (tertiary/aromatic N) is 3. The summed E-state index contributed by atoms with van der Waals surface area (Å²) in [6, 6.07) is 15.6. The van der Waals surface area contributed by atoms with Gasteiger partial charge in [-0.15, -0.1) is 0 Å². The molecule has 1 heterocycles. The average Bonchev–Trinajstić information content (AvgIpc) is 2.72. The van der Waals surface area contributed by atoms with Gasteiger partial charge in [0.05, 0.1) is 11.0 Å². The Morgan fingerprint density at radius 3 is 2.41 bits per heavy atom. The summed E-state index contributed by atoms with van der Waals surface area (Å²) in [5.41, 5.74) is 1.76. The standard InChI is InChI=1S/C22H25N3O4/c1-23-14-18(12-16-8-4-3-5-9-16)24(2)22(21(27)15-26)20(23)13-17-10-6-7-11-19(17)25(28)29/h3-11,15,18,20,22H,12-14H2,1-2H3. The van der Waals surface area contributed by atoms with E-state index in [0.717, 1.165) is 12.0 Å². The molecule has 7 heteroatoms. The Bertz CT molecular complexity index is 887. The maximum atomic E-state index is 12.6. The Morgan fingerprint density at radius 2 is 1.76 bits per heavy atom. The molecule has 0 bridgehead atoms. The molecule has 0 spiro atoms. The van der Waals surface area contributed by atoms with E-state index in [2.05, 4.69) is 4.90 Å². The van der Waals surface area contributed by atoms with Crippen molar-refractivity contribution in [3.63, 3.8) is 0 Å². The molecule has 7 nitrogen and oxygen atoms in total. The quantitative estimate of drug-likeness (QED) is 0.309. The highest BCUT2D eigenvalue weighted by Crippen LogP contribution is 2.28. The van der Waals surface area contributed by atoms with Crippen LogP contribution in [0.2, 0.25) is 0 Å². The van der Waals surface area contributed by atoms with E-state index in [9.17, 15) is 19.7 Å². The highest BCUT2D eigenvalue weighted by Gasteiger charge is 2.42. The number of likely N-dealkylation sites (N-methyl/N-ethyl adjacent to an activating group) is 2. The van der Waals surface area contributed by atoms with Crippen LogP contribution in [0, 0.1) is 10.1 Å². The number of ketones is 1. The Morgan fingerprint density at radius 1 is 1.10 bits per heavy atom. The monoisotopic (exact) mass is 395 g/mol. The summed E-state index contributed by atoms with van der Waals surface area (Å²) in [5, 5.41) is 11.4. The second-order valence-electron chi connectivity index (χ2n) is 7.57. The van der Waals surface area contributed by atoms with E-state index in [1.807, 2.05) is 49.3 Å². The molecule has 0 aliphatic carbocycles. The molecular formula is C22H25N3O4. The fourth-order valence-electron chi connectivity index (χ4n) is 4.25. The molecule has 1 saturated heterocycles. The summed E-state index contributed by atoms with van der Waals surface area (Å²) < 4.78 is 0. The van der Waals surface area contributed by atoms with Crippen molar-refractivity contribution in [2.45, 2.75) is 31.0 Å². The summed E-state index contributed by atoms with van der Waals surface area (Å²) in [5.74, 6) is -0.499. The highest BCUT2D eigenvalue weighted by atomic mass is 16.6. The van der Waals surface area contributed by atoms with Crippen molar-refractivity contribution >= 4 is 17.8 Å². The fourth-order valence-corrected chi connectivity index (χ4v) is 4.25. The van der Waals surface area contributed by atoms with Crippen LogP contribution in [0.5, 0.6) is 0 Å². The van der Waals surface area contributed by atoms with E-state index in [-0.39, 0.29) is 17.8 Å². The molecule has 0 radical (unpaired) electrons. The van der Waals surface area contributed by atoms with Gasteiger partial charge in [-0.05, 0) is 32.5 Å². The molecule has 152 valence electrons. The number of nitro benzene ring substituents is 1. The minimum absolute atomic E-state index is 0.0345. The number of carbonyl (C=O) groups excluding carboxylic acids is 2. The van der Waals surface area contributed by atoms with Gasteiger partial charge in [-0.2, -0.15) is 0 Å². The minimum Gasteiger partial charge on any atom is -0.299 e. The maximum absolute atomic E-state index is 12.6. The molecule has 29 heavy (non-hydrogen) atoms. The Labute approximate surface area is 170 Å². The fraction of sp³-hybridized carbons (Fsp3) is 0.364. The van der Waals surface area contributed by atoms with Crippen LogP contribution in [0.25, 0.3) is 0 Å². The van der Waals surface area contributed by atoms with Crippen LogP contribution in [-0.4, -0.2) is 65.6 Å². The molecule has 3 unspecified atom stereocenters. The predicted octanol–water partition coefficient (Wildman–Crippen LogP) is 2.13. The smallest absolute Gasteiger partial charge is 0.272 e. The zero-order valence-corrected chi connectivity index (χ0v) is 16.6. The Balaban J connectivity index is 1.89. The Hall–Kier alpha value is -2.90. The van der Waals surface area contributed by atoms with Crippen molar-refractivity contribution in [3.8, 4) is 0 Å². The second kappa shape index (κ2) is 9.07. The van der Waals surface area contributed by atoms with Gasteiger partial charge in [-0.3, -0.25) is 29.5 Å². The number of hydrogen-bond donors (Lipinski definition) is 0. The van der Waals surface area contributed by atoms with Crippen LogP contribution in [0.4, 0.5) is 5.69 Å². The topological polar surface area (TPSA) is 83.8 Å². The molecule has 0 amide bonds. The molecule has 1 aliphatic rings. The lowest BCUT2D eigenvalue weighted by Crippen LogP contribution is -2.65. The number of carbonyl (C=O) groups is 2. The lowest BCUT2D eigenvalue weighted by molar-refractivity contribution is -0.385. The number of hydrogen-bond acceptors (Lipinski definition) is 6. The second-order valence-corrected chi connectivity index (χ2v) is 7.57. The van der Waals surface area contributed by atoms with Crippen molar-refractivity contribution in [1.82, 2.24) is 9.80 Å². The molecular weight excluding hydrogens is 370 g/mol. The zero-order chi connectivity index (χ0) is 21.0. The number of nitro groups is 1. The summed E-state index contributed by atoms with van der Waals surface area (Å²) in [4.78, 5) is 39.0. The van der Waals surface area contributed by atoms with E-state index in [4.69, 9.17) is 0 Å². The molecule has 2 aromatic carbocycles. The van der Waals surface area contributed by atoms with Gasteiger partial charge in [0.25, 0.3) is 5.69 Å². The third-order valence-electron chi connectivity index (χ3n) is 5.78. The number of benzene rings is 2. The van der Waals surface area contributed by atoms with Crippen LogP contribution in [-0.2, 0) is 22.4 Å². The van der Waals surface area contributed by atoms with Crippen molar-refractivity contribution in [1.29, 1.82) is 0 Å². The third-order valence-corrected chi connectivity index (χ3v) is 5.78. The molecule has 3 rings (SSSR count). The molecule has 0 saturated carbocycles. The van der Waals surface area contributed by atoms with Crippen LogP contribution >= 0.6 is 0 Å². The lowest BCUT2D eigenvalue weighted by Gasteiger charge is -2.48. The van der Waals surface area contributed by atoms with E-state index < -0.39 is 16.7 Å². The first kappa shape index (κ1) is 20.8. The van der Waals surface area contributed by atoms with Crippen molar-refractivity contribution < 1.29 is 14.5 Å². The van der Waals surface area contributed by atoms with Gasteiger partial charge < -0.3 is 0 Å². The molecule has 1 aliphatic heterocycles. The van der Waals surface area contributed by atoms with Crippen LogP contribution in [0.1, 0.15) is 11.1 Å². The molecule has 1 fully saturated rings. The van der Waals surface area contributed by atoms with Crippen LogP contribution < -0.4 is 0 Å². The number of rotatable bonds is 7. The van der Waals surface area contributed by atoms with Gasteiger partial charge in [0.15, 0.2) is 6.29 Å². The predicted molar refractivity (Wildman–Crippen MR) is 110 cm³/mol. The average molecular weight is 395 g/mol. The zero-order valence-electron chi connectivity index (χ0n) is 16.6. The normalized spacial score (nSPS) is 22.9. The summed E-state index contributed by atoms with van der Waals surface area (Å²) >= 11 is 0. The number of aldehydes is 1. The van der Waals surface area contributed by atoms with Crippen LogP contribution in [0.15, 0.2) is 54.6 Å². The van der Waals surface area contributed by atoms with Gasteiger partial charge in [0.2, 0.25) is 5.78 Å². The molecule has 0 aromatic heterocycles. The third kappa shape index (κ3) is 4.58. The number of para-hydroxylation sites is 1. The van der Waals surface area contributed by atoms with Gasteiger partial charge in [-0.25, -0.2) is 0 Å². The summed E-state index contributed by atoms with van der Waals surface area (Å²) in [6.07, 6.45) is 1.44. The van der Waals surface area contributed by atoms with E-state index in [1.165, 1.54) is 6.07 Å². The summed E-state index contributed by atoms with van der Waals surface area (Å²) in [6.45, 7) is 0.694. The van der Waals surface area contributed by atoms with Crippen LogP contribution in [0.3, 0.4) is 0 Å². The number of Topliss-reactive ketones (excluding diaryl/α,β-unsaturated/α-hetero) is 1. The highest BCUT2D eigenvalue weighted by molar-refractivity contribution is 6.27. The first-order valence-corrected chi connectivity index (χ1v) is 9.59. The van der Waals surface area contributed by atoms with E-state index in [1.54, 1.807) is 18.2 Å². The Kier molecular flexibility index (Phi) is 6.51. The largest absolute Gasteiger partial charge is 0.299 e. The molecule has 2 aromatic rings. The van der Waals surface area contributed by atoms with Gasteiger partial charge in [0.1, 0.15) is 0 Å². The number of piperazine rings is 1. The van der Waals surface area contributed by atoms with Gasteiger partial charge in [0, 0.05) is 30.3 Å². The van der Waals surface area contributed by atoms with E-state index >= 15 is 0 Å². The molecule has 3 atom stereocenters. The van der Waals surface area contributed by atoms with Gasteiger partial charge >= 0.3 is 0 Å². The van der Waals surface area contributed by atoms with Crippen molar-refractivity contribution in [2.24, 2.45) is 0 Å². The van der Waals surface area contributed by atoms with Gasteiger partial charge in [-0.1, -0.05) is 48.5 Å². The molecule has 0 N–H and O–H groups in total.